The summed E-state index contributed by atoms with van der Waals surface area (Å²) in [5, 5.41) is 12.4. The Morgan fingerprint density at radius 1 is 1.39 bits per heavy atom. The largest absolute Gasteiger partial charge is 0.419 e. The van der Waals surface area contributed by atoms with Gasteiger partial charge >= 0.3 is 6.18 Å². The minimum absolute atomic E-state index is 0.0423. The minimum Gasteiger partial charge on any atom is -0.321 e. The van der Waals surface area contributed by atoms with Gasteiger partial charge in [-0.2, -0.15) is 13.2 Å². The Hall–Kier alpha value is -2.19. The molecular formula is C9H6F4N2O3. The number of nitrogens with zero attached hydrogens (tertiary/aromatic N) is 1. The van der Waals surface area contributed by atoms with Crippen molar-refractivity contribution in [1.29, 1.82) is 0 Å². The van der Waals surface area contributed by atoms with Crippen LogP contribution in [-0.2, 0) is 11.0 Å². The fourth-order valence-corrected chi connectivity index (χ4v) is 1.22. The van der Waals surface area contributed by atoms with Gasteiger partial charge in [0.05, 0.1) is 10.5 Å². The van der Waals surface area contributed by atoms with Gasteiger partial charge in [0, 0.05) is 19.1 Å². The highest BCUT2D eigenvalue weighted by molar-refractivity contribution is 5.91. The molecule has 9 heteroatoms. The van der Waals surface area contributed by atoms with Gasteiger partial charge < -0.3 is 5.32 Å². The van der Waals surface area contributed by atoms with Gasteiger partial charge in [0.15, 0.2) is 0 Å². The van der Waals surface area contributed by atoms with Gasteiger partial charge in [-0.1, -0.05) is 0 Å². The zero-order valence-corrected chi connectivity index (χ0v) is 8.84. The second kappa shape index (κ2) is 4.59. The van der Waals surface area contributed by atoms with E-state index in [0.29, 0.717) is 0 Å². The molecule has 0 bridgehead atoms. The highest BCUT2D eigenvalue weighted by Gasteiger charge is 2.37. The Labute approximate surface area is 97.6 Å². The van der Waals surface area contributed by atoms with Gasteiger partial charge in [-0.25, -0.2) is 4.39 Å². The summed E-state index contributed by atoms with van der Waals surface area (Å²) in [6.45, 7) is 0.985. The predicted octanol–water partition coefficient (Wildman–Crippen LogP) is 2.71. The quantitative estimate of drug-likeness (QED) is 0.508. The first-order valence-corrected chi connectivity index (χ1v) is 4.45. The summed E-state index contributed by atoms with van der Waals surface area (Å²) in [4.78, 5) is 20.1. The fraction of sp³-hybridized carbons (Fsp3) is 0.222. The zero-order valence-electron chi connectivity index (χ0n) is 8.84. The molecule has 0 aromatic heterocycles. The van der Waals surface area contributed by atoms with Gasteiger partial charge in [-0.3, -0.25) is 14.9 Å². The van der Waals surface area contributed by atoms with Crippen LogP contribution in [0.5, 0.6) is 0 Å². The normalized spacial score (nSPS) is 11.2. The molecule has 1 aromatic carbocycles. The molecule has 0 unspecified atom stereocenters. The van der Waals surface area contributed by atoms with Crippen LogP contribution >= 0.6 is 0 Å². The standard InChI is InChI=1S/C9H6F4N2O3/c1-4(16)14-7-3-6(10)5(9(11,12)13)2-8(7)15(17)18/h2-3H,1H3,(H,14,16). The molecule has 1 aromatic rings. The Morgan fingerprint density at radius 3 is 2.33 bits per heavy atom. The Kier molecular flexibility index (Phi) is 3.54. The summed E-state index contributed by atoms with van der Waals surface area (Å²) in [5.41, 5.74) is -3.42. The van der Waals surface area contributed by atoms with Crippen LogP contribution in [0.4, 0.5) is 28.9 Å². The molecule has 0 fully saturated rings. The van der Waals surface area contributed by atoms with Crippen molar-refractivity contribution in [2.24, 2.45) is 0 Å². The molecule has 0 aliphatic carbocycles. The number of carbonyl (C=O) groups is 1. The van der Waals surface area contributed by atoms with Crippen LogP contribution < -0.4 is 5.32 Å². The number of benzene rings is 1. The average molecular weight is 266 g/mol. The number of carbonyl (C=O) groups excluding carboxylic acids is 1. The van der Waals surface area contributed by atoms with E-state index in [9.17, 15) is 32.5 Å². The van der Waals surface area contributed by atoms with E-state index in [-0.39, 0.29) is 12.1 Å². The molecule has 0 saturated carbocycles. The number of anilines is 1. The van der Waals surface area contributed by atoms with E-state index in [1.165, 1.54) is 0 Å². The second-order valence-corrected chi connectivity index (χ2v) is 3.29. The van der Waals surface area contributed by atoms with Crippen molar-refractivity contribution in [3.05, 3.63) is 33.6 Å². The van der Waals surface area contributed by atoms with E-state index in [1.807, 2.05) is 5.32 Å². The van der Waals surface area contributed by atoms with Crippen molar-refractivity contribution < 1.29 is 27.3 Å². The van der Waals surface area contributed by atoms with Crippen LogP contribution in [-0.4, -0.2) is 10.8 Å². The lowest BCUT2D eigenvalue weighted by Gasteiger charge is -2.10. The first kappa shape index (κ1) is 13.9. The van der Waals surface area contributed by atoms with Crippen LogP contribution in [0.2, 0.25) is 0 Å². The van der Waals surface area contributed by atoms with Crippen molar-refractivity contribution >= 4 is 17.3 Å². The van der Waals surface area contributed by atoms with Crippen molar-refractivity contribution in [2.45, 2.75) is 13.1 Å². The van der Waals surface area contributed by atoms with Crippen molar-refractivity contribution in [3.8, 4) is 0 Å². The summed E-state index contributed by atoms with van der Waals surface area (Å²) < 4.78 is 50.2. The molecule has 0 radical (unpaired) electrons. The van der Waals surface area contributed by atoms with E-state index in [0.717, 1.165) is 6.92 Å². The first-order chi connectivity index (χ1) is 8.12. The van der Waals surface area contributed by atoms with E-state index in [2.05, 4.69) is 0 Å². The molecule has 98 valence electrons. The minimum atomic E-state index is -5.05. The molecular weight excluding hydrogens is 260 g/mol. The molecule has 0 saturated heterocycles. The van der Waals surface area contributed by atoms with Crippen molar-refractivity contribution in [2.75, 3.05) is 5.32 Å². The molecule has 0 heterocycles. The number of hydrogen-bond acceptors (Lipinski definition) is 3. The van der Waals surface area contributed by atoms with Crippen molar-refractivity contribution in [3.63, 3.8) is 0 Å². The molecule has 0 aliphatic heterocycles. The lowest BCUT2D eigenvalue weighted by molar-refractivity contribution is -0.384. The smallest absolute Gasteiger partial charge is 0.321 e. The average Bonchev–Trinajstić information content (AvgIpc) is 2.13. The number of rotatable bonds is 2. The molecule has 0 atom stereocenters. The van der Waals surface area contributed by atoms with Crippen LogP contribution in [0.15, 0.2) is 12.1 Å². The maximum Gasteiger partial charge on any atom is 0.419 e. The third-order valence-corrected chi connectivity index (χ3v) is 1.90. The van der Waals surface area contributed by atoms with Crippen molar-refractivity contribution in [1.82, 2.24) is 0 Å². The van der Waals surface area contributed by atoms with Crippen LogP contribution in [0.1, 0.15) is 12.5 Å². The summed E-state index contributed by atoms with van der Waals surface area (Å²) in [5.74, 6) is -2.46. The molecule has 18 heavy (non-hydrogen) atoms. The summed E-state index contributed by atoms with van der Waals surface area (Å²) in [6, 6.07) is 0.308. The summed E-state index contributed by atoms with van der Waals surface area (Å²) in [6.07, 6.45) is -5.05. The van der Waals surface area contributed by atoms with Gasteiger partial charge in [-0.15, -0.1) is 0 Å². The highest BCUT2D eigenvalue weighted by Crippen LogP contribution is 2.37. The molecule has 1 N–H and O–H groups in total. The maximum atomic E-state index is 13.1. The number of amides is 1. The maximum absolute atomic E-state index is 13.1. The number of halogens is 4. The zero-order chi connectivity index (χ0) is 14.1. The number of nitro groups is 1. The fourth-order valence-electron chi connectivity index (χ4n) is 1.22. The highest BCUT2D eigenvalue weighted by atomic mass is 19.4. The van der Waals surface area contributed by atoms with E-state index in [4.69, 9.17) is 0 Å². The van der Waals surface area contributed by atoms with Crippen LogP contribution in [0, 0.1) is 15.9 Å². The summed E-state index contributed by atoms with van der Waals surface area (Å²) in [7, 11) is 0. The van der Waals surface area contributed by atoms with Crippen LogP contribution in [0.25, 0.3) is 0 Å². The number of nitro benzene ring substituents is 1. The molecule has 1 amide bonds. The van der Waals surface area contributed by atoms with Gasteiger partial charge in [0.1, 0.15) is 11.5 Å². The third-order valence-electron chi connectivity index (χ3n) is 1.90. The Morgan fingerprint density at radius 2 is 1.94 bits per heavy atom. The van der Waals surface area contributed by atoms with Gasteiger partial charge in [0.25, 0.3) is 5.69 Å². The molecule has 0 spiro atoms. The summed E-state index contributed by atoms with van der Waals surface area (Å²) >= 11 is 0. The monoisotopic (exact) mass is 266 g/mol. The van der Waals surface area contributed by atoms with E-state index >= 15 is 0 Å². The number of nitrogens with one attached hydrogen (secondary N) is 1. The van der Waals surface area contributed by atoms with Gasteiger partial charge in [-0.05, 0) is 0 Å². The predicted molar refractivity (Wildman–Crippen MR) is 52.4 cm³/mol. The van der Waals surface area contributed by atoms with Gasteiger partial charge in [0.2, 0.25) is 5.91 Å². The SMILES string of the molecule is CC(=O)Nc1cc(F)c(C(F)(F)F)cc1[N+](=O)[O-]. The molecule has 5 nitrogen and oxygen atoms in total. The number of hydrogen-bond donors (Lipinski definition) is 1. The first-order valence-electron chi connectivity index (χ1n) is 4.45. The second-order valence-electron chi connectivity index (χ2n) is 3.29. The third kappa shape index (κ3) is 2.93. The Bertz CT molecular complexity index is 513. The lowest BCUT2D eigenvalue weighted by Crippen LogP contribution is -2.13. The molecule has 0 aliphatic rings. The number of alkyl halides is 3. The lowest BCUT2D eigenvalue weighted by atomic mass is 10.1. The van der Waals surface area contributed by atoms with E-state index < -0.39 is 39.8 Å². The topological polar surface area (TPSA) is 72.2 Å². The Balaban J connectivity index is 3.44. The molecule has 1 rings (SSSR count). The van der Waals surface area contributed by atoms with Crippen LogP contribution in [0.3, 0.4) is 0 Å². The van der Waals surface area contributed by atoms with E-state index in [1.54, 1.807) is 0 Å².